The number of carbonyl (C=O) groups is 1. The summed E-state index contributed by atoms with van der Waals surface area (Å²) in [4.78, 5) is 23.4. The number of nitrogen functional groups attached to an aromatic ring is 1. The van der Waals surface area contributed by atoms with Crippen LogP contribution in [0.1, 0.15) is 16.1 Å². The maximum Gasteiger partial charge on any atom is 0.354 e. The maximum atomic E-state index is 10.8. The Hall–Kier alpha value is -1.78. The van der Waals surface area contributed by atoms with E-state index in [1.54, 1.807) is 6.92 Å². The molecule has 64 valence electrons. The molecule has 0 spiro atoms. The van der Waals surface area contributed by atoms with E-state index in [1.807, 2.05) is 0 Å². The van der Waals surface area contributed by atoms with E-state index in [0.717, 1.165) is 0 Å². The highest BCUT2D eigenvalue weighted by molar-refractivity contribution is 5.91. The number of carboxylic acid groups (broad SMARTS) is 1. The first-order chi connectivity index (χ1) is 5.52. The molecular formula is C7H8N2O3. The Morgan fingerprint density at radius 2 is 2.25 bits per heavy atom. The van der Waals surface area contributed by atoms with Gasteiger partial charge in [0, 0.05) is 6.07 Å². The highest BCUT2D eigenvalue weighted by Gasteiger charge is 2.10. The number of aromatic carboxylic acids is 1. The number of rotatable bonds is 1. The third kappa shape index (κ3) is 1.29. The summed E-state index contributed by atoms with van der Waals surface area (Å²) in [5.41, 5.74) is 5.26. The van der Waals surface area contributed by atoms with Crippen LogP contribution in [0.25, 0.3) is 0 Å². The summed E-state index contributed by atoms with van der Waals surface area (Å²) in [6.45, 7) is 1.58. The minimum atomic E-state index is -1.23. The summed E-state index contributed by atoms with van der Waals surface area (Å²) < 4.78 is 0. The van der Waals surface area contributed by atoms with Gasteiger partial charge in [-0.25, -0.2) is 4.79 Å². The number of hydrogen-bond donors (Lipinski definition) is 3. The van der Waals surface area contributed by atoms with Crippen molar-refractivity contribution in [1.29, 1.82) is 0 Å². The van der Waals surface area contributed by atoms with Crippen LogP contribution >= 0.6 is 0 Å². The van der Waals surface area contributed by atoms with Gasteiger partial charge in [0.1, 0.15) is 0 Å². The van der Waals surface area contributed by atoms with E-state index in [9.17, 15) is 9.59 Å². The second kappa shape index (κ2) is 2.69. The van der Waals surface area contributed by atoms with E-state index in [4.69, 9.17) is 10.8 Å². The van der Waals surface area contributed by atoms with E-state index < -0.39 is 11.5 Å². The molecule has 0 aliphatic heterocycles. The highest BCUT2D eigenvalue weighted by atomic mass is 16.4. The number of aromatic amines is 1. The summed E-state index contributed by atoms with van der Waals surface area (Å²) in [6, 6.07) is 1.25. The normalized spacial score (nSPS) is 9.75. The number of H-pyrrole nitrogens is 1. The third-order valence-corrected chi connectivity index (χ3v) is 1.50. The summed E-state index contributed by atoms with van der Waals surface area (Å²) in [6.07, 6.45) is 0. The number of aromatic nitrogens is 1. The lowest BCUT2D eigenvalue weighted by Crippen LogP contribution is -2.15. The number of aryl methyl sites for hydroxylation is 1. The minimum absolute atomic E-state index is 0.0992. The fraction of sp³-hybridized carbons (Fsp3) is 0.143. The molecule has 5 heteroatoms. The van der Waals surface area contributed by atoms with E-state index in [-0.39, 0.29) is 11.4 Å². The van der Waals surface area contributed by atoms with Crippen molar-refractivity contribution < 1.29 is 9.90 Å². The molecule has 5 nitrogen and oxygen atoms in total. The zero-order chi connectivity index (χ0) is 9.30. The van der Waals surface area contributed by atoms with Gasteiger partial charge in [-0.15, -0.1) is 0 Å². The van der Waals surface area contributed by atoms with E-state index in [2.05, 4.69) is 4.98 Å². The van der Waals surface area contributed by atoms with Gasteiger partial charge in [0.15, 0.2) is 5.69 Å². The number of pyridine rings is 1. The van der Waals surface area contributed by atoms with E-state index in [0.29, 0.717) is 5.56 Å². The Balaban J connectivity index is 3.48. The lowest BCUT2D eigenvalue weighted by atomic mass is 10.2. The van der Waals surface area contributed by atoms with E-state index >= 15 is 0 Å². The first-order valence-corrected chi connectivity index (χ1v) is 3.25. The zero-order valence-electron chi connectivity index (χ0n) is 6.42. The molecule has 1 aromatic heterocycles. The second-order valence-corrected chi connectivity index (χ2v) is 2.41. The number of nitrogens with two attached hydrogens (primary N) is 1. The Morgan fingerprint density at radius 3 is 2.75 bits per heavy atom. The molecule has 0 radical (unpaired) electrons. The van der Waals surface area contributed by atoms with Crippen molar-refractivity contribution in [2.45, 2.75) is 6.92 Å². The van der Waals surface area contributed by atoms with Crippen LogP contribution in [0.5, 0.6) is 0 Å². The molecule has 0 amide bonds. The van der Waals surface area contributed by atoms with Crippen molar-refractivity contribution in [3.05, 3.63) is 27.7 Å². The van der Waals surface area contributed by atoms with Gasteiger partial charge in [-0.3, -0.25) is 4.79 Å². The number of hydrogen-bond acceptors (Lipinski definition) is 3. The van der Waals surface area contributed by atoms with Gasteiger partial charge in [-0.2, -0.15) is 0 Å². The van der Waals surface area contributed by atoms with Crippen LogP contribution in [-0.2, 0) is 0 Å². The smallest absolute Gasteiger partial charge is 0.354 e. The molecule has 12 heavy (non-hydrogen) atoms. The first-order valence-electron chi connectivity index (χ1n) is 3.25. The molecule has 0 saturated heterocycles. The molecule has 4 N–H and O–H groups in total. The average Bonchev–Trinajstić information content (AvgIpc) is 1.96. The standard InChI is InChI=1S/C7H8N2O3/c1-3-2-4(10)9-6(5(3)8)7(11)12/h2H,8H2,1H3,(H,9,10)(H,11,12). The zero-order valence-corrected chi connectivity index (χ0v) is 6.42. The van der Waals surface area contributed by atoms with Gasteiger partial charge >= 0.3 is 5.97 Å². The molecule has 0 aliphatic carbocycles. The van der Waals surface area contributed by atoms with Gasteiger partial charge in [0.05, 0.1) is 5.69 Å². The molecule has 0 aromatic carbocycles. The average molecular weight is 168 g/mol. The van der Waals surface area contributed by atoms with Crippen LogP contribution in [0.2, 0.25) is 0 Å². The van der Waals surface area contributed by atoms with Crippen molar-refractivity contribution in [2.75, 3.05) is 5.73 Å². The second-order valence-electron chi connectivity index (χ2n) is 2.41. The Labute approximate surface area is 67.8 Å². The van der Waals surface area contributed by atoms with Gasteiger partial charge in [-0.1, -0.05) is 0 Å². The topological polar surface area (TPSA) is 96.2 Å². The van der Waals surface area contributed by atoms with Gasteiger partial charge in [0.25, 0.3) is 0 Å². The van der Waals surface area contributed by atoms with Gasteiger partial charge < -0.3 is 15.8 Å². The molecule has 1 heterocycles. The van der Waals surface area contributed by atoms with E-state index in [1.165, 1.54) is 6.07 Å². The van der Waals surface area contributed by atoms with Gasteiger partial charge in [0.2, 0.25) is 5.56 Å². The number of nitrogens with one attached hydrogen (secondary N) is 1. The lowest BCUT2D eigenvalue weighted by molar-refractivity contribution is 0.0691. The van der Waals surface area contributed by atoms with Gasteiger partial charge in [-0.05, 0) is 12.5 Å². The van der Waals surface area contributed by atoms with Crippen molar-refractivity contribution in [3.63, 3.8) is 0 Å². The fourth-order valence-corrected chi connectivity index (χ4v) is 0.867. The van der Waals surface area contributed by atoms with Crippen LogP contribution in [0.3, 0.4) is 0 Å². The first kappa shape index (κ1) is 8.32. The molecule has 0 aliphatic rings. The van der Waals surface area contributed by atoms with Crippen molar-refractivity contribution in [2.24, 2.45) is 0 Å². The van der Waals surface area contributed by atoms with Crippen molar-refractivity contribution in [1.82, 2.24) is 4.98 Å². The number of anilines is 1. The molecule has 1 rings (SSSR count). The monoisotopic (exact) mass is 168 g/mol. The van der Waals surface area contributed by atoms with Crippen molar-refractivity contribution in [3.8, 4) is 0 Å². The summed E-state index contributed by atoms with van der Waals surface area (Å²) in [7, 11) is 0. The molecule has 0 fully saturated rings. The fourth-order valence-electron chi connectivity index (χ4n) is 0.867. The maximum absolute atomic E-state index is 10.8. The highest BCUT2D eigenvalue weighted by Crippen LogP contribution is 2.10. The third-order valence-electron chi connectivity index (χ3n) is 1.50. The SMILES string of the molecule is Cc1cc(=O)[nH]c(C(=O)O)c1N. The van der Waals surface area contributed by atoms with Crippen LogP contribution in [0.15, 0.2) is 10.9 Å². The molecule has 0 unspecified atom stereocenters. The van der Waals surface area contributed by atoms with Crippen LogP contribution < -0.4 is 11.3 Å². The molecule has 0 saturated carbocycles. The lowest BCUT2D eigenvalue weighted by Gasteiger charge is -2.01. The summed E-state index contributed by atoms with van der Waals surface area (Å²) in [5.74, 6) is -1.23. The molecule has 1 aromatic rings. The summed E-state index contributed by atoms with van der Waals surface area (Å²) >= 11 is 0. The Bertz CT molecular complexity index is 381. The minimum Gasteiger partial charge on any atom is -0.477 e. The number of carboxylic acids is 1. The molecule has 0 bridgehead atoms. The quantitative estimate of drug-likeness (QED) is 0.548. The largest absolute Gasteiger partial charge is 0.477 e. The predicted molar refractivity (Wildman–Crippen MR) is 43.2 cm³/mol. The van der Waals surface area contributed by atoms with Crippen LogP contribution in [0.4, 0.5) is 5.69 Å². The van der Waals surface area contributed by atoms with Crippen LogP contribution in [-0.4, -0.2) is 16.1 Å². The Morgan fingerprint density at radius 1 is 1.67 bits per heavy atom. The summed E-state index contributed by atoms with van der Waals surface area (Å²) in [5, 5.41) is 8.56. The predicted octanol–water partition coefficient (Wildman–Crippen LogP) is -0.0363. The Kier molecular flexibility index (Phi) is 1.86. The molecular weight excluding hydrogens is 160 g/mol. The van der Waals surface area contributed by atoms with Crippen molar-refractivity contribution >= 4 is 11.7 Å². The van der Waals surface area contributed by atoms with Crippen LogP contribution in [0, 0.1) is 6.92 Å². The molecule has 0 atom stereocenters.